The van der Waals surface area contributed by atoms with Gasteiger partial charge in [0.05, 0.1) is 26.2 Å². The van der Waals surface area contributed by atoms with Gasteiger partial charge in [0.25, 0.3) is 0 Å². The molecule has 1 nitrogen and oxygen atoms in total. The summed E-state index contributed by atoms with van der Waals surface area (Å²) >= 11 is 0. The molecule has 30 heavy (non-hydrogen) atoms. The zero-order chi connectivity index (χ0) is 21.5. The molecule has 0 radical (unpaired) electrons. The minimum absolute atomic E-state index is 0. The zero-order valence-corrected chi connectivity index (χ0v) is 22.6. The second kappa shape index (κ2) is 25.5. The smallest absolute Gasteiger partial charge is 0.0786 e. The molecular formula is C28H60ClN. The Bertz CT molecular complexity index is 275. The summed E-state index contributed by atoms with van der Waals surface area (Å²) in [5.74, 6) is 0. The minimum Gasteiger partial charge on any atom is -1.00 e. The molecule has 0 aromatic heterocycles. The van der Waals surface area contributed by atoms with Gasteiger partial charge in [-0.1, -0.05) is 117 Å². The normalized spacial score (nSPS) is 11.6. The molecule has 0 fully saturated rings. The molecule has 0 amide bonds. The van der Waals surface area contributed by atoms with Crippen LogP contribution in [0.3, 0.4) is 0 Å². The first-order valence-electron chi connectivity index (χ1n) is 14.1. The fourth-order valence-corrected chi connectivity index (χ4v) is 4.84. The lowest BCUT2D eigenvalue weighted by Gasteiger charge is -2.37. The highest BCUT2D eigenvalue weighted by Crippen LogP contribution is 2.16. The van der Waals surface area contributed by atoms with Gasteiger partial charge in [0.15, 0.2) is 0 Å². The summed E-state index contributed by atoms with van der Waals surface area (Å²) in [4.78, 5) is 0. The molecule has 0 N–H and O–H groups in total. The number of hydrogen-bond donors (Lipinski definition) is 0. The molecule has 2 heteroatoms. The van der Waals surface area contributed by atoms with Gasteiger partial charge in [-0.05, 0) is 39.5 Å². The van der Waals surface area contributed by atoms with Crippen molar-refractivity contribution in [3.05, 3.63) is 0 Å². The van der Waals surface area contributed by atoms with Crippen LogP contribution in [0.4, 0.5) is 0 Å². The monoisotopic (exact) mass is 445 g/mol. The summed E-state index contributed by atoms with van der Waals surface area (Å²) in [5.41, 5.74) is 0. The van der Waals surface area contributed by atoms with Crippen LogP contribution in [0.5, 0.6) is 0 Å². The third-order valence-corrected chi connectivity index (χ3v) is 7.31. The fourth-order valence-electron chi connectivity index (χ4n) is 4.84. The Morgan fingerprint density at radius 1 is 0.333 bits per heavy atom. The lowest BCUT2D eigenvalue weighted by molar-refractivity contribution is -0.925. The summed E-state index contributed by atoms with van der Waals surface area (Å²) < 4.78 is 1.38. The summed E-state index contributed by atoms with van der Waals surface area (Å²) in [6.45, 7) is 15.0. The first kappa shape index (κ1) is 32.4. The van der Waals surface area contributed by atoms with Crippen LogP contribution in [0, 0.1) is 0 Å². The van der Waals surface area contributed by atoms with Crippen molar-refractivity contribution in [1.29, 1.82) is 0 Å². The zero-order valence-electron chi connectivity index (χ0n) is 21.8. The van der Waals surface area contributed by atoms with Gasteiger partial charge in [0, 0.05) is 0 Å². The Morgan fingerprint density at radius 2 is 0.567 bits per heavy atom. The highest BCUT2D eigenvalue weighted by atomic mass is 35.5. The highest BCUT2D eigenvalue weighted by Gasteiger charge is 2.21. The average Bonchev–Trinajstić information content (AvgIpc) is 2.75. The second-order valence-electron chi connectivity index (χ2n) is 9.79. The Morgan fingerprint density at radius 3 is 0.800 bits per heavy atom. The van der Waals surface area contributed by atoms with Crippen LogP contribution in [-0.4, -0.2) is 30.7 Å². The Labute approximate surface area is 199 Å². The maximum absolute atomic E-state index is 2.43. The summed E-state index contributed by atoms with van der Waals surface area (Å²) in [7, 11) is 0. The van der Waals surface area contributed by atoms with E-state index in [1.54, 1.807) is 0 Å². The van der Waals surface area contributed by atoms with E-state index in [0.717, 1.165) is 0 Å². The molecular weight excluding hydrogens is 386 g/mol. The van der Waals surface area contributed by atoms with Crippen LogP contribution < -0.4 is 12.4 Å². The highest BCUT2D eigenvalue weighted by molar-refractivity contribution is 4.51. The molecule has 0 aromatic rings. The lowest BCUT2D eigenvalue weighted by atomic mass is 10.1. The van der Waals surface area contributed by atoms with E-state index in [9.17, 15) is 0 Å². The molecule has 0 atom stereocenters. The molecule has 0 unspecified atom stereocenters. The number of hydrogen-bond acceptors (Lipinski definition) is 0. The quantitative estimate of drug-likeness (QED) is 0.115. The maximum atomic E-state index is 2.43. The number of rotatable bonds is 24. The number of unbranched alkanes of at least 4 members (excludes halogenated alkanes) is 18. The molecule has 0 aliphatic heterocycles. The molecule has 0 aliphatic carbocycles. The Balaban J connectivity index is 0. The molecule has 184 valence electrons. The number of halogens is 1. The second-order valence-corrected chi connectivity index (χ2v) is 9.79. The van der Waals surface area contributed by atoms with Gasteiger partial charge in [-0.25, -0.2) is 0 Å². The van der Waals surface area contributed by atoms with Gasteiger partial charge >= 0.3 is 0 Å². The first-order chi connectivity index (χ1) is 14.2. The van der Waals surface area contributed by atoms with Gasteiger partial charge in [-0.15, -0.1) is 0 Å². The van der Waals surface area contributed by atoms with Gasteiger partial charge in [0.1, 0.15) is 0 Å². The van der Waals surface area contributed by atoms with E-state index in [4.69, 9.17) is 0 Å². The van der Waals surface area contributed by atoms with E-state index < -0.39 is 0 Å². The van der Waals surface area contributed by atoms with E-state index in [-0.39, 0.29) is 12.4 Å². The van der Waals surface area contributed by atoms with Crippen molar-refractivity contribution in [1.82, 2.24) is 0 Å². The third-order valence-electron chi connectivity index (χ3n) is 7.31. The summed E-state index contributed by atoms with van der Waals surface area (Å²) in [6, 6.07) is 0. The van der Waals surface area contributed by atoms with Crippen molar-refractivity contribution in [2.24, 2.45) is 0 Å². The first-order valence-corrected chi connectivity index (χ1v) is 14.1. The molecule has 0 rings (SSSR count). The van der Waals surface area contributed by atoms with Crippen LogP contribution in [0.2, 0.25) is 0 Å². The van der Waals surface area contributed by atoms with E-state index >= 15 is 0 Å². The molecule has 0 saturated heterocycles. The predicted molar refractivity (Wildman–Crippen MR) is 135 cm³/mol. The van der Waals surface area contributed by atoms with Crippen LogP contribution in [-0.2, 0) is 0 Å². The van der Waals surface area contributed by atoms with Gasteiger partial charge in [-0.2, -0.15) is 0 Å². The van der Waals surface area contributed by atoms with Crippen LogP contribution in [0.1, 0.15) is 156 Å². The maximum Gasteiger partial charge on any atom is 0.0786 e. The minimum atomic E-state index is 0. The molecule has 0 aliphatic rings. The largest absolute Gasteiger partial charge is 1.00 e. The Kier molecular flexibility index (Phi) is 27.6. The average molecular weight is 446 g/mol. The van der Waals surface area contributed by atoms with E-state index in [1.165, 1.54) is 159 Å². The lowest BCUT2D eigenvalue weighted by Crippen LogP contribution is -3.00. The standard InChI is InChI=1S/C28H60N.ClH/c1-5-9-11-13-15-17-19-21-23-25-27-29(7-3,8-4)28-26-24-22-20-18-16-14-12-10-6-2;/h5-28H2,1-4H3;1H/q+1;/p-1. The summed E-state index contributed by atoms with van der Waals surface area (Å²) in [5, 5.41) is 0. The van der Waals surface area contributed by atoms with E-state index in [1.807, 2.05) is 0 Å². The fraction of sp³-hybridized carbons (Fsp3) is 1.00. The molecule has 0 spiro atoms. The van der Waals surface area contributed by atoms with Crippen molar-refractivity contribution in [2.45, 2.75) is 156 Å². The SMILES string of the molecule is CCCCCCCCCCCC[N+](CC)(CC)CCCCCCCCCCCC.[Cl-]. The third kappa shape index (κ3) is 20.2. The predicted octanol–water partition coefficient (Wildman–Crippen LogP) is 6.69. The van der Waals surface area contributed by atoms with Crippen LogP contribution in [0.15, 0.2) is 0 Å². The van der Waals surface area contributed by atoms with Gasteiger partial charge in [-0.3, -0.25) is 0 Å². The van der Waals surface area contributed by atoms with Gasteiger partial charge < -0.3 is 16.9 Å². The molecule has 0 heterocycles. The molecule has 0 saturated carbocycles. The van der Waals surface area contributed by atoms with E-state index in [2.05, 4.69) is 27.7 Å². The summed E-state index contributed by atoms with van der Waals surface area (Å²) in [6.07, 6.45) is 29.1. The Hall–Kier alpha value is 0.250. The van der Waals surface area contributed by atoms with Crippen molar-refractivity contribution < 1.29 is 16.9 Å². The number of quaternary nitrogens is 1. The van der Waals surface area contributed by atoms with Crippen LogP contribution >= 0.6 is 0 Å². The van der Waals surface area contributed by atoms with Crippen molar-refractivity contribution in [3.63, 3.8) is 0 Å². The molecule has 0 bridgehead atoms. The van der Waals surface area contributed by atoms with Crippen LogP contribution in [0.25, 0.3) is 0 Å². The van der Waals surface area contributed by atoms with Crippen molar-refractivity contribution in [2.75, 3.05) is 26.2 Å². The van der Waals surface area contributed by atoms with Gasteiger partial charge in [0.2, 0.25) is 0 Å². The molecule has 0 aromatic carbocycles. The van der Waals surface area contributed by atoms with Crippen molar-refractivity contribution >= 4 is 0 Å². The van der Waals surface area contributed by atoms with Crippen molar-refractivity contribution in [3.8, 4) is 0 Å². The number of nitrogens with zero attached hydrogens (tertiary/aromatic N) is 1. The van der Waals surface area contributed by atoms with E-state index in [0.29, 0.717) is 0 Å². The topological polar surface area (TPSA) is 0 Å².